The summed E-state index contributed by atoms with van der Waals surface area (Å²) in [5, 5.41) is 19.7. The fraction of sp³-hybridized carbons (Fsp3) is 0.550. The van der Waals surface area contributed by atoms with Gasteiger partial charge in [-0.2, -0.15) is 0 Å². The van der Waals surface area contributed by atoms with Crippen LogP contribution in [0.15, 0.2) is 24.3 Å². The number of ether oxygens (including phenoxy) is 1. The van der Waals surface area contributed by atoms with Gasteiger partial charge >= 0.3 is 17.9 Å². The minimum absolute atomic E-state index is 0.142. The lowest BCUT2D eigenvalue weighted by Gasteiger charge is -2.21. The SMILES string of the molecule is CCCCN(CCNC(=O)CCCCCOC(=O)/C=C/C(=O)O)C(=O)/C=C/C(=O)O. The van der Waals surface area contributed by atoms with Crippen LogP contribution < -0.4 is 5.32 Å². The molecule has 0 aliphatic heterocycles. The zero-order valence-corrected chi connectivity index (χ0v) is 17.2. The van der Waals surface area contributed by atoms with Gasteiger partial charge in [0.1, 0.15) is 0 Å². The smallest absolute Gasteiger partial charge is 0.331 e. The monoisotopic (exact) mass is 426 g/mol. The molecule has 0 aromatic rings. The first-order valence-electron chi connectivity index (χ1n) is 9.80. The van der Waals surface area contributed by atoms with Crippen molar-refractivity contribution in [1.29, 1.82) is 0 Å². The predicted octanol–water partition coefficient (Wildman–Crippen LogP) is 1.12. The van der Waals surface area contributed by atoms with Crippen molar-refractivity contribution >= 4 is 29.7 Å². The number of unbranched alkanes of at least 4 members (excludes halogenated alkanes) is 3. The lowest BCUT2D eigenvalue weighted by atomic mass is 10.2. The average Bonchev–Trinajstić information content (AvgIpc) is 2.69. The van der Waals surface area contributed by atoms with E-state index in [1.165, 1.54) is 4.90 Å². The normalized spacial score (nSPS) is 10.8. The lowest BCUT2D eigenvalue weighted by molar-refractivity contribution is -0.139. The Hall–Kier alpha value is -3.17. The van der Waals surface area contributed by atoms with E-state index in [9.17, 15) is 24.0 Å². The molecule has 0 spiro atoms. The van der Waals surface area contributed by atoms with Crippen LogP contribution in [0.4, 0.5) is 0 Å². The van der Waals surface area contributed by atoms with Crippen LogP contribution in [0.2, 0.25) is 0 Å². The maximum absolute atomic E-state index is 12.0. The molecule has 0 aliphatic rings. The molecule has 0 rings (SSSR count). The number of carbonyl (C=O) groups is 5. The molecule has 0 aliphatic carbocycles. The van der Waals surface area contributed by atoms with Gasteiger partial charge in [-0.25, -0.2) is 14.4 Å². The Bertz CT molecular complexity index is 643. The molecule has 0 aromatic heterocycles. The second-order valence-electron chi connectivity index (χ2n) is 6.35. The van der Waals surface area contributed by atoms with E-state index in [-0.39, 0.29) is 32.0 Å². The van der Waals surface area contributed by atoms with Crippen LogP contribution in [0.3, 0.4) is 0 Å². The molecule has 0 heterocycles. The molecule has 0 unspecified atom stereocenters. The molecule has 10 nitrogen and oxygen atoms in total. The molecule has 0 atom stereocenters. The number of carboxylic acid groups (broad SMARTS) is 2. The zero-order chi connectivity index (χ0) is 22.8. The zero-order valence-electron chi connectivity index (χ0n) is 17.2. The molecule has 0 saturated heterocycles. The maximum atomic E-state index is 12.0. The summed E-state index contributed by atoms with van der Waals surface area (Å²) < 4.78 is 4.81. The topological polar surface area (TPSA) is 150 Å². The molecule has 3 N–H and O–H groups in total. The summed E-state index contributed by atoms with van der Waals surface area (Å²) in [7, 11) is 0. The van der Waals surface area contributed by atoms with E-state index in [0.717, 1.165) is 31.1 Å². The fourth-order valence-corrected chi connectivity index (χ4v) is 2.27. The standard InChI is InChI=1S/C20H30N2O8/c1-2-3-13-22(17(24)8-9-18(25)26)14-12-21-16(23)7-5-4-6-15-30-20(29)11-10-19(27)28/h8-11H,2-7,12-15H2,1H3,(H,21,23)(H,25,26)(H,27,28)/b9-8+,11-10+. The quantitative estimate of drug-likeness (QED) is 0.189. The molecular formula is C20H30N2O8. The Morgan fingerprint density at radius 1 is 0.867 bits per heavy atom. The van der Waals surface area contributed by atoms with Gasteiger partial charge in [-0.1, -0.05) is 13.3 Å². The molecule has 168 valence electrons. The fourth-order valence-electron chi connectivity index (χ4n) is 2.27. The van der Waals surface area contributed by atoms with Crippen molar-refractivity contribution in [2.24, 2.45) is 0 Å². The van der Waals surface area contributed by atoms with Gasteiger partial charge in [0.15, 0.2) is 0 Å². The number of nitrogens with one attached hydrogen (secondary N) is 1. The Labute approximate surface area is 175 Å². The van der Waals surface area contributed by atoms with E-state index in [4.69, 9.17) is 14.9 Å². The first kappa shape index (κ1) is 26.8. The molecular weight excluding hydrogens is 396 g/mol. The Kier molecular flexibility index (Phi) is 15.0. The molecule has 0 aromatic carbocycles. The van der Waals surface area contributed by atoms with Gasteiger partial charge in [0.2, 0.25) is 11.8 Å². The highest BCUT2D eigenvalue weighted by Crippen LogP contribution is 2.01. The number of hydrogen-bond acceptors (Lipinski definition) is 6. The minimum Gasteiger partial charge on any atom is -0.478 e. The number of carbonyl (C=O) groups excluding carboxylic acids is 3. The summed E-state index contributed by atoms with van der Waals surface area (Å²) >= 11 is 0. The van der Waals surface area contributed by atoms with Gasteiger partial charge in [0.05, 0.1) is 6.61 Å². The summed E-state index contributed by atoms with van der Waals surface area (Å²) in [6.07, 6.45) is 7.07. The minimum atomic E-state index is -1.23. The third-order valence-electron chi connectivity index (χ3n) is 3.82. The predicted molar refractivity (Wildman–Crippen MR) is 107 cm³/mol. The highest BCUT2D eigenvalue weighted by Gasteiger charge is 2.11. The Morgan fingerprint density at radius 3 is 2.17 bits per heavy atom. The van der Waals surface area contributed by atoms with Crippen LogP contribution in [0.5, 0.6) is 0 Å². The number of aliphatic carboxylic acids is 2. The molecule has 0 saturated carbocycles. The second kappa shape index (κ2) is 16.8. The molecule has 0 fully saturated rings. The number of amides is 2. The van der Waals surface area contributed by atoms with E-state index >= 15 is 0 Å². The number of carboxylic acids is 2. The van der Waals surface area contributed by atoms with Crippen LogP contribution in [-0.4, -0.2) is 71.1 Å². The van der Waals surface area contributed by atoms with Gasteiger partial charge in [-0.15, -0.1) is 0 Å². The molecule has 0 bridgehead atoms. The van der Waals surface area contributed by atoms with Crippen molar-refractivity contribution in [1.82, 2.24) is 10.2 Å². The van der Waals surface area contributed by atoms with Crippen molar-refractivity contribution in [3.8, 4) is 0 Å². The lowest BCUT2D eigenvalue weighted by Crippen LogP contribution is -2.38. The molecule has 10 heteroatoms. The van der Waals surface area contributed by atoms with Crippen molar-refractivity contribution in [2.75, 3.05) is 26.2 Å². The van der Waals surface area contributed by atoms with Crippen LogP contribution in [-0.2, 0) is 28.7 Å². The Balaban J connectivity index is 4.02. The molecule has 2 amide bonds. The third kappa shape index (κ3) is 15.8. The van der Waals surface area contributed by atoms with E-state index in [1.807, 2.05) is 6.92 Å². The van der Waals surface area contributed by atoms with Gasteiger partial charge in [-0.05, 0) is 25.7 Å². The largest absolute Gasteiger partial charge is 0.478 e. The Morgan fingerprint density at radius 2 is 1.53 bits per heavy atom. The second-order valence-corrected chi connectivity index (χ2v) is 6.35. The first-order chi connectivity index (χ1) is 14.3. The molecule has 30 heavy (non-hydrogen) atoms. The summed E-state index contributed by atoms with van der Waals surface area (Å²) in [6, 6.07) is 0. The van der Waals surface area contributed by atoms with Crippen molar-refractivity contribution < 1.29 is 38.9 Å². The van der Waals surface area contributed by atoms with Gasteiger partial charge in [0.25, 0.3) is 0 Å². The number of esters is 1. The number of nitrogens with zero attached hydrogens (tertiary/aromatic N) is 1. The highest BCUT2D eigenvalue weighted by atomic mass is 16.5. The van der Waals surface area contributed by atoms with Crippen molar-refractivity contribution in [2.45, 2.75) is 45.4 Å². The van der Waals surface area contributed by atoms with Crippen molar-refractivity contribution in [3.63, 3.8) is 0 Å². The van der Waals surface area contributed by atoms with Crippen LogP contribution >= 0.6 is 0 Å². The van der Waals surface area contributed by atoms with Gasteiger partial charge in [-0.3, -0.25) is 9.59 Å². The van der Waals surface area contributed by atoms with Gasteiger partial charge < -0.3 is 25.2 Å². The summed E-state index contributed by atoms with van der Waals surface area (Å²) in [5.74, 6) is -3.73. The van der Waals surface area contributed by atoms with Crippen LogP contribution in [0, 0.1) is 0 Å². The summed E-state index contributed by atoms with van der Waals surface area (Å²) in [4.78, 5) is 57.3. The van der Waals surface area contributed by atoms with Crippen LogP contribution in [0.25, 0.3) is 0 Å². The van der Waals surface area contributed by atoms with E-state index in [1.54, 1.807) is 0 Å². The third-order valence-corrected chi connectivity index (χ3v) is 3.82. The van der Waals surface area contributed by atoms with E-state index < -0.39 is 23.8 Å². The first-order valence-corrected chi connectivity index (χ1v) is 9.80. The van der Waals surface area contributed by atoms with E-state index in [2.05, 4.69) is 5.32 Å². The number of rotatable bonds is 16. The van der Waals surface area contributed by atoms with Crippen molar-refractivity contribution in [3.05, 3.63) is 24.3 Å². The maximum Gasteiger partial charge on any atom is 0.331 e. The van der Waals surface area contributed by atoms with E-state index in [0.29, 0.717) is 31.9 Å². The van der Waals surface area contributed by atoms with Crippen LogP contribution in [0.1, 0.15) is 45.4 Å². The van der Waals surface area contributed by atoms with Gasteiger partial charge in [0, 0.05) is 50.4 Å². The number of hydrogen-bond donors (Lipinski definition) is 3. The summed E-state index contributed by atoms with van der Waals surface area (Å²) in [6.45, 7) is 3.15. The summed E-state index contributed by atoms with van der Waals surface area (Å²) in [5.41, 5.74) is 0. The average molecular weight is 426 g/mol. The highest BCUT2D eigenvalue weighted by molar-refractivity contribution is 5.94. The molecule has 0 radical (unpaired) electrons.